The fourth-order valence-electron chi connectivity index (χ4n) is 2.79. The van der Waals surface area contributed by atoms with Gasteiger partial charge in [0.15, 0.2) is 0 Å². The highest BCUT2D eigenvalue weighted by Crippen LogP contribution is 2.29. The van der Waals surface area contributed by atoms with Gasteiger partial charge < -0.3 is 14.6 Å². The molecule has 4 nitrogen and oxygen atoms in total. The topological polar surface area (TPSA) is 55.8 Å². The summed E-state index contributed by atoms with van der Waals surface area (Å²) in [4.78, 5) is 12.5. The standard InChI is InChI=1S/C20H38O4/c1-10-17(18(22)24-19(5,6)7)20(8,9)23-13-15(4)16(12-21)11-14(2)3/h15-17,21H,2,10-13H2,1,3-9H3. The van der Waals surface area contributed by atoms with E-state index in [0.29, 0.717) is 13.0 Å². The Bertz CT molecular complexity index is 406. The molecule has 1 N–H and O–H groups in total. The predicted molar refractivity (Wildman–Crippen MR) is 98.8 cm³/mol. The van der Waals surface area contributed by atoms with E-state index in [2.05, 4.69) is 13.5 Å². The van der Waals surface area contributed by atoms with Gasteiger partial charge in [-0.05, 0) is 66.2 Å². The van der Waals surface area contributed by atoms with Gasteiger partial charge in [0.2, 0.25) is 0 Å². The van der Waals surface area contributed by atoms with Crippen molar-refractivity contribution in [2.24, 2.45) is 17.8 Å². The van der Waals surface area contributed by atoms with Crippen LogP contribution < -0.4 is 0 Å². The molecule has 0 amide bonds. The van der Waals surface area contributed by atoms with Crippen molar-refractivity contribution < 1.29 is 19.4 Å². The van der Waals surface area contributed by atoms with Crippen LogP contribution in [-0.2, 0) is 14.3 Å². The number of rotatable bonds is 10. The first kappa shape index (κ1) is 23.1. The van der Waals surface area contributed by atoms with Crippen LogP contribution in [0.4, 0.5) is 0 Å². The third-order valence-electron chi connectivity index (χ3n) is 4.31. The number of ether oxygens (including phenoxy) is 2. The summed E-state index contributed by atoms with van der Waals surface area (Å²) in [5.74, 6) is -0.233. The summed E-state index contributed by atoms with van der Waals surface area (Å²) in [6.07, 6.45) is 1.44. The first-order chi connectivity index (χ1) is 10.8. The molecule has 0 heterocycles. The second kappa shape index (κ2) is 9.57. The van der Waals surface area contributed by atoms with Gasteiger partial charge in [0.05, 0.1) is 18.1 Å². The van der Waals surface area contributed by atoms with Crippen molar-refractivity contribution in [3.63, 3.8) is 0 Å². The fraction of sp³-hybridized carbons (Fsp3) is 0.850. The summed E-state index contributed by atoms with van der Waals surface area (Å²) in [5, 5.41) is 9.58. The number of aliphatic hydroxyl groups is 1. The molecule has 0 saturated heterocycles. The molecule has 0 spiro atoms. The highest BCUT2D eigenvalue weighted by Gasteiger charge is 2.38. The molecular formula is C20H38O4. The van der Waals surface area contributed by atoms with Gasteiger partial charge in [-0.25, -0.2) is 0 Å². The number of hydrogen-bond acceptors (Lipinski definition) is 4. The Morgan fingerprint density at radius 3 is 2.12 bits per heavy atom. The zero-order valence-electron chi connectivity index (χ0n) is 16.9. The van der Waals surface area contributed by atoms with Gasteiger partial charge in [0.25, 0.3) is 0 Å². The van der Waals surface area contributed by atoms with Crippen molar-refractivity contribution in [3.05, 3.63) is 12.2 Å². The van der Waals surface area contributed by atoms with Gasteiger partial charge in [-0.1, -0.05) is 19.4 Å². The fourth-order valence-corrected chi connectivity index (χ4v) is 2.79. The van der Waals surface area contributed by atoms with Crippen molar-refractivity contribution >= 4 is 5.97 Å². The van der Waals surface area contributed by atoms with E-state index in [9.17, 15) is 9.90 Å². The van der Waals surface area contributed by atoms with Gasteiger partial charge >= 0.3 is 5.97 Å². The molecule has 0 bridgehead atoms. The van der Waals surface area contributed by atoms with E-state index in [0.717, 1.165) is 12.0 Å². The third kappa shape index (κ3) is 8.29. The van der Waals surface area contributed by atoms with E-state index in [1.54, 1.807) is 0 Å². The SMILES string of the molecule is C=C(C)CC(CO)C(C)COC(C)(C)C(CC)C(=O)OC(C)(C)C. The van der Waals surface area contributed by atoms with Crippen LogP contribution >= 0.6 is 0 Å². The minimum atomic E-state index is -0.616. The zero-order valence-corrected chi connectivity index (χ0v) is 16.9. The Hall–Kier alpha value is -0.870. The highest BCUT2D eigenvalue weighted by atomic mass is 16.6. The van der Waals surface area contributed by atoms with Crippen molar-refractivity contribution in [2.45, 2.75) is 79.4 Å². The Morgan fingerprint density at radius 1 is 1.21 bits per heavy atom. The number of aliphatic hydroxyl groups excluding tert-OH is 1. The molecule has 142 valence electrons. The van der Waals surface area contributed by atoms with Gasteiger partial charge in [-0.3, -0.25) is 4.79 Å². The van der Waals surface area contributed by atoms with Gasteiger partial charge in [0.1, 0.15) is 5.60 Å². The molecule has 0 fully saturated rings. The van der Waals surface area contributed by atoms with E-state index in [-0.39, 0.29) is 30.3 Å². The summed E-state index contributed by atoms with van der Waals surface area (Å²) < 4.78 is 11.6. The van der Waals surface area contributed by atoms with Crippen molar-refractivity contribution in [3.8, 4) is 0 Å². The van der Waals surface area contributed by atoms with Crippen LogP contribution in [0.2, 0.25) is 0 Å². The van der Waals surface area contributed by atoms with E-state index in [1.165, 1.54) is 0 Å². The molecule has 3 unspecified atom stereocenters. The van der Waals surface area contributed by atoms with Crippen LogP contribution in [0.15, 0.2) is 12.2 Å². The molecule has 0 saturated carbocycles. The van der Waals surface area contributed by atoms with Gasteiger partial charge in [-0.15, -0.1) is 6.58 Å². The smallest absolute Gasteiger partial charge is 0.312 e. The molecule has 0 rings (SSSR count). The van der Waals surface area contributed by atoms with Crippen LogP contribution in [0.3, 0.4) is 0 Å². The van der Waals surface area contributed by atoms with E-state index >= 15 is 0 Å². The van der Waals surface area contributed by atoms with Crippen LogP contribution in [0, 0.1) is 17.8 Å². The molecule has 24 heavy (non-hydrogen) atoms. The molecule has 0 aromatic carbocycles. The summed E-state index contributed by atoms with van der Waals surface area (Å²) in [7, 11) is 0. The minimum absolute atomic E-state index is 0.112. The quantitative estimate of drug-likeness (QED) is 0.473. The molecule has 0 aromatic heterocycles. The molecule has 0 aliphatic carbocycles. The molecule has 3 atom stereocenters. The Labute approximate surface area is 148 Å². The maximum Gasteiger partial charge on any atom is 0.312 e. The van der Waals surface area contributed by atoms with Gasteiger partial charge in [-0.2, -0.15) is 0 Å². The maximum absolute atomic E-state index is 12.5. The summed E-state index contributed by atoms with van der Waals surface area (Å²) >= 11 is 0. The number of carbonyl (C=O) groups excluding carboxylic acids is 1. The summed E-state index contributed by atoms with van der Waals surface area (Å²) in [6.45, 7) is 20.0. The lowest BCUT2D eigenvalue weighted by molar-refractivity contribution is -0.173. The van der Waals surface area contributed by atoms with Crippen LogP contribution in [0.25, 0.3) is 0 Å². The number of hydrogen-bond donors (Lipinski definition) is 1. The first-order valence-corrected chi connectivity index (χ1v) is 8.96. The molecule has 0 aliphatic rings. The van der Waals surface area contributed by atoms with Crippen LogP contribution in [0.5, 0.6) is 0 Å². The van der Waals surface area contributed by atoms with Crippen molar-refractivity contribution in [1.29, 1.82) is 0 Å². The predicted octanol–water partition coefficient (Wildman–Crippen LogP) is 4.36. The first-order valence-electron chi connectivity index (χ1n) is 8.96. The highest BCUT2D eigenvalue weighted by molar-refractivity contribution is 5.74. The number of esters is 1. The molecule has 0 aliphatic heterocycles. The summed E-state index contributed by atoms with van der Waals surface area (Å²) in [5.41, 5.74) is -0.0632. The average Bonchev–Trinajstić information content (AvgIpc) is 2.40. The molecule has 0 radical (unpaired) electrons. The minimum Gasteiger partial charge on any atom is -0.460 e. The van der Waals surface area contributed by atoms with E-state index in [4.69, 9.17) is 9.47 Å². The van der Waals surface area contributed by atoms with Crippen molar-refractivity contribution in [2.75, 3.05) is 13.2 Å². The lowest BCUT2D eigenvalue weighted by Gasteiger charge is -2.36. The summed E-state index contributed by atoms with van der Waals surface area (Å²) in [6, 6.07) is 0. The largest absolute Gasteiger partial charge is 0.460 e. The Morgan fingerprint density at radius 2 is 1.75 bits per heavy atom. The maximum atomic E-state index is 12.5. The van der Waals surface area contributed by atoms with Gasteiger partial charge in [0, 0.05) is 6.61 Å². The van der Waals surface area contributed by atoms with E-state index in [1.807, 2.05) is 48.5 Å². The second-order valence-corrected chi connectivity index (χ2v) is 8.49. The zero-order chi connectivity index (χ0) is 19.1. The van der Waals surface area contributed by atoms with Crippen molar-refractivity contribution in [1.82, 2.24) is 0 Å². The third-order valence-corrected chi connectivity index (χ3v) is 4.31. The molecule has 4 heteroatoms. The average molecular weight is 343 g/mol. The Balaban J connectivity index is 4.85. The molecular weight excluding hydrogens is 304 g/mol. The van der Waals surface area contributed by atoms with Crippen LogP contribution in [0.1, 0.15) is 68.2 Å². The normalized spacial score (nSPS) is 16.4. The molecule has 0 aromatic rings. The number of carbonyl (C=O) groups is 1. The lowest BCUT2D eigenvalue weighted by atomic mass is 9.87. The Kier molecular flexibility index (Phi) is 9.22. The lowest BCUT2D eigenvalue weighted by Crippen LogP contribution is -2.43. The second-order valence-electron chi connectivity index (χ2n) is 8.49. The van der Waals surface area contributed by atoms with E-state index < -0.39 is 11.2 Å². The monoisotopic (exact) mass is 342 g/mol. The number of allylic oxidation sites excluding steroid dienone is 1. The van der Waals surface area contributed by atoms with Crippen LogP contribution in [-0.4, -0.2) is 35.5 Å².